The molecule has 114 valence electrons. The fourth-order valence-electron chi connectivity index (χ4n) is 2.00. The Balaban J connectivity index is 3.02. The molecule has 0 bridgehead atoms. The number of H-pyrrole nitrogens is 1. The number of aliphatic hydroxyl groups excluding tert-OH is 1. The van der Waals surface area contributed by atoms with Crippen LogP contribution in [0.25, 0.3) is 0 Å². The molecule has 1 rings (SSSR count). The largest absolute Gasteiger partial charge is 0.477 e. The van der Waals surface area contributed by atoms with E-state index in [2.05, 4.69) is 9.71 Å². The van der Waals surface area contributed by atoms with Gasteiger partial charge in [-0.15, -0.1) is 0 Å². The summed E-state index contributed by atoms with van der Waals surface area (Å²) in [5.74, 6) is -1.20. The molecule has 0 amide bonds. The van der Waals surface area contributed by atoms with Crippen molar-refractivity contribution in [3.05, 3.63) is 17.0 Å². The predicted octanol–water partition coefficient (Wildman–Crippen LogP) is 0.627. The van der Waals surface area contributed by atoms with Crippen molar-refractivity contribution in [3.8, 4) is 0 Å². The Labute approximate surface area is 118 Å². The number of hydrogen-bond donors (Lipinski definition) is 4. The zero-order valence-corrected chi connectivity index (χ0v) is 12.5. The number of nitrogens with one attached hydrogen (secondary N) is 2. The second-order valence-corrected chi connectivity index (χ2v) is 6.56. The quantitative estimate of drug-likeness (QED) is 0.589. The number of carboxylic acid groups (broad SMARTS) is 1. The van der Waals surface area contributed by atoms with Crippen LogP contribution >= 0.6 is 0 Å². The fraction of sp³-hybridized carbons (Fsp3) is 0.583. The first-order chi connectivity index (χ1) is 9.20. The SMILES string of the molecule is Cc1[nH]c(C(=O)O)c(C)c1S(=O)(=O)NCC(C)CCO. The Bertz CT molecular complexity index is 591. The molecule has 0 radical (unpaired) electrons. The van der Waals surface area contributed by atoms with Crippen LogP contribution in [0.2, 0.25) is 0 Å². The Kier molecular flexibility index (Phi) is 5.32. The van der Waals surface area contributed by atoms with Gasteiger partial charge in [0.15, 0.2) is 0 Å². The van der Waals surface area contributed by atoms with Crippen LogP contribution in [0.5, 0.6) is 0 Å². The van der Waals surface area contributed by atoms with Crippen LogP contribution in [-0.2, 0) is 10.0 Å². The van der Waals surface area contributed by atoms with E-state index < -0.39 is 16.0 Å². The molecule has 1 heterocycles. The van der Waals surface area contributed by atoms with Gasteiger partial charge in [-0.05, 0) is 26.2 Å². The van der Waals surface area contributed by atoms with Crippen molar-refractivity contribution < 1.29 is 23.4 Å². The Hall–Kier alpha value is -1.38. The van der Waals surface area contributed by atoms with E-state index in [1.807, 2.05) is 6.92 Å². The minimum atomic E-state index is -3.77. The third-order valence-corrected chi connectivity index (χ3v) is 4.79. The van der Waals surface area contributed by atoms with Gasteiger partial charge in [-0.1, -0.05) is 6.92 Å². The van der Waals surface area contributed by atoms with Crippen molar-refractivity contribution in [2.75, 3.05) is 13.2 Å². The van der Waals surface area contributed by atoms with Crippen LogP contribution in [0.3, 0.4) is 0 Å². The van der Waals surface area contributed by atoms with Gasteiger partial charge in [0.1, 0.15) is 10.6 Å². The maximum Gasteiger partial charge on any atom is 0.352 e. The van der Waals surface area contributed by atoms with Gasteiger partial charge in [-0.3, -0.25) is 0 Å². The minimum absolute atomic E-state index is 0.00569. The van der Waals surface area contributed by atoms with Crippen LogP contribution in [-0.4, -0.2) is 42.7 Å². The second-order valence-electron chi connectivity index (χ2n) is 4.85. The molecule has 1 aromatic rings. The second kappa shape index (κ2) is 6.38. The highest BCUT2D eigenvalue weighted by molar-refractivity contribution is 7.89. The summed E-state index contributed by atoms with van der Waals surface area (Å²) < 4.78 is 26.9. The first kappa shape index (κ1) is 16.7. The van der Waals surface area contributed by atoms with Gasteiger partial charge in [-0.2, -0.15) is 0 Å². The lowest BCUT2D eigenvalue weighted by atomic mass is 10.1. The Morgan fingerprint density at radius 2 is 2.00 bits per heavy atom. The smallest absolute Gasteiger partial charge is 0.352 e. The van der Waals surface area contributed by atoms with Crippen LogP contribution in [0.1, 0.15) is 35.1 Å². The Morgan fingerprint density at radius 3 is 2.45 bits per heavy atom. The van der Waals surface area contributed by atoms with Gasteiger partial charge in [0.05, 0.1) is 0 Å². The number of rotatable bonds is 7. The van der Waals surface area contributed by atoms with Gasteiger partial charge in [-0.25, -0.2) is 17.9 Å². The summed E-state index contributed by atoms with van der Waals surface area (Å²) in [4.78, 5) is 13.5. The van der Waals surface area contributed by atoms with E-state index in [0.29, 0.717) is 12.1 Å². The lowest BCUT2D eigenvalue weighted by molar-refractivity contribution is 0.0690. The normalized spacial score (nSPS) is 13.4. The van der Waals surface area contributed by atoms with Crippen LogP contribution in [0.4, 0.5) is 0 Å². The van der Waals surface area contributed by atoms with Crippen LogP contribution in [0, 0.1) is 19.8 Å². The summed E-state index contributed by atoms with van der Waals surface area (Å²) in [7, 11) is -3.77. The molecular formula is C12H20N2O5S. The zero-order valence-electron chi connectivity index (χ0n) is 11.7. The van der Waals surface area contributed by atoms with Crippen LogP contribution < -0.4 is 4.72 Å². The molecule has 0 aliphatic heterocycles. The van der Waals surface area contributed by atoms with E-state index in [9.17, 15) is 13.2 Å². The van der Waals surface area contributed by atoms with Crippen molar-refractivity contribution in [2.24, 2.45) is 5.92 Å². The van der Waals surface area contributed by atoms with Crippen molar-refractivity contribution >= 4 is 16.0 Å². The molecule has 1 unspecified atom stereocenters. The van der Waals surface area contributed by atoms with Gasteiger partial charge in [0, 0.05) is 24.4 Å². The number of carboxylic acids is 1. The van der Waals surface area contributed by atoms with Gasteiger partial charge in [0.2, 0.25) is 10.0 Å². The maximum absolute atomic E-state index is 12.2. The molecule has 1 aromatic heterocycles. The average Bonchev–Trinajstić information content (AvgIpc) is 2.63. The first-order valence-electron chi connectivity index (χ1n) is 6.23. The van der Waals surface area contributed by atoms with Gasteiger partial charge >= 0.3 is 5.97 Å². The molecule has 8 heteroatoms. The maximum atomic E-state index is 12.2. The number of aromatic carboxylic acids is 1. The summed E-state index contributed by atoms with van der Waals surface area (Å²) in [6.07, 6.45) is 0.494. The number of aromatic amines is 1. The van der Waals surface area contributed by atoms with E-state index in [-0.39, 0.29) is 35.2 Å². The van der Waals surface area contributed by atoms with E-state index in [1.54, 1.807) is 0 Å². The molecule has 0 spiro atoms. The zero-order chi connectivity index (χ0) is 15.5. The molecular weight excluding hydrogens is 284 g/mol. The van der Waals surface area contributed by atoms with Crippen molar-refractivity contribution in [1.29, 1.82) is 0 Å². The van der Waals surface area contributed by atoms with Crippen molar-refractivity contribution in [2.45, 2.75) is 32.1 Å². The number of aliphatic hydroxyl groups is 1. The van der Waals surface area contributed by atoms with E-state index in [4.69, 9.17) is 10.2 Å². The molecule has 0 saturated heterocycles. The monoisotopic (exact) mass is 304 g/mol. The molecule has 0 fully saturated rings. The van der Waals surface area contributed by atoms with Gasteiger partial charge < -0.3 is 15.2 Å². The fourth-order valence-corrected chi connectivity index (χ4v) is 3.60. The number of aromatic nitrogens is 1. The molecule has 0 aromatic carbocycles. The molecule has 0 aliphatic carbocycles. The number of aryl methyl sites for hydroxylation is 1. The lowest BCUT2D eigenvalue weighted by Crippen LogP contribution is -2.29. The first-order valence-corrected chi connectivity index (χ1v) is 7.72. The van der Waals surface area contributed by atoms with E-state index in [1.165, 1.54) is 13.8 Å². The molecule has 20 heavy (non-hydrogen) atoms. The highest BCUT2D eigenvalue weighted by atomic mass is 32.2. The molecule has 0 saturated carbocycles. The summed E-state index contributed by atoms with van der Waals surface area (Å²) in [6.45, 7) is 4.98. The third-order valence-electron chi connectivity index (χ3n) is 3.09. The topological polar surface area (TPSA) is 119 Å². The van der Waals surface area contributed by atoms with E-state index in [0.717, 1.165) is 0 Å². The predicted molar refractivity (Wildman–Crippen MR) is 73.3 cm³/mol. The number of hydrogen-bond acceptors (Lipinski definition) is 4. The third kappa shape index (κ3) is 3.59. The standard InChI is InChI=1S/C12H20N2O5S/c1-7(4-5-15)6-13-20(18,19)11-8(2)10(12(16)17)14-9(11)3/h7,13-15H,4-6H2,1-3H3,(H,16,17). The molecule has 1 atom stereocenters. The number of carbonyl (C=O) groups is 1. The Morgan fingerprint density at radius 1 is 1.40 bits per heavy atom. The summed E-state index contributed by atoms with van der Waals surface area (Å²) >= 11 is 0. The highest BCUT2D eigenvalue weighted by Crippen LogP contribution is 2.23. The minimum Gasteiger partial charge on any atom is -0.477 e. The summed E-state index contributed by atoms with van der Waals surface area (Å²) in [5.41, 5.74) is 0.366. The summed E-state index contributed by atoms with van der Waals surface area (Å²) in [5, 5.41) is 17.8. The number of sulfonamides is 1. The summed E-state index contributed by atoms with van der Waals surface area (Å²) in [6, 6.07) is 0. The average molecular weight is 304 g/mol. The van der Waals surface area contributed by atoms with Gasteiger partial charge in [0.25, 0.3) is 0 Å². The molecule has 7 nitrogen and oxygen atoms in total. The molecule has 4 N–H and O–H groups in total. The van der Waals surface area contributed by atoms with Crippen molar-refractivity contribution in [3.63, 3.8) is 0 Å². The van der Waals surface area contributed by atoms with E-state index >= 15 is 0 Å². The lowest BCUT2D eigenvalue weighted by Gasteiger charge is -2.12. The van der Waals surface area contributed by atoms with Crippen LogP contribution in [0.15, 0.2) is 4.90 Å². The highest BCUT2D eigenvalue weighted by Gasteiger charge is 2.26. The molecule has 0 aliphatic rings. The van der Waals surface area contributed by atoms with Crippen molar-refractivity contribution in [1.82, 2.24) is 9.71 Å².